The lowest BCUT2D eigenvalue weighted by molar-refractivity contribution is 0.0946. The van der Waals surface area contributed by atoms with E-state index in [0.29, 0.717) is 18.7 Å². The highest BCUT2D eigenvalue weighted by Crippen LogP contribution is 2.29. The molecule has 2 N–H and O–H groups in total. The van der Waals surface area contributed by atoms with Crippen molar-refractivity contribution in [2.45, 2.75) is 39.2 Å². The van der Waals surface area contributed by atoms with E-state index in [9.17, 15) is 9.59 Å². The summed E-state index contributed by atoms with van der Waals surface area (Å²) in [5.74, 6) is -0.0838. The second-order valence-electron chi connectivity index (χ2n) is 6.01. The molecule has 1 aliphatic rings. The van der Waals surface area contributed by atoms with Gasteiger partial charge in [0.15, 0.2) is 0 Å². The van der Waals surface area contributed by atoms with Crippen molar-refractivity contribution in [3.8, 4) is 0 Å². The topological polar surface area (TPSA) is 58.2 Å². The summed E-state index contributed by atoms with van der Waals surface area (Å²) in [5, 5.41) is 5.74. The van der Waals surface area contributed by atoms with E-state index in [1.165, 1.54) is 23.3 Å². The Morgan fingerprint density at radius 1 is 1.04 bits per heavy atom. The summed E-state index contributed by atoms with van der Waals surface area (Å²) in [6, 6.07) is 9.38. The molecular weight excluding hydrogens is 320 g/mol. The summed E-state index contributed by atoms with van der Waals surface area (Å²) in [6.45, 7) is 2.97. The number of aryl methyl sites for hydroxylation is 2. The molecule has 1 aromatic heterocycles. The number of nitrogens with one attached hydrogen (secondary N) is 2. The van der Waals surface area contributed by atoms with E-state index in [0.717, 1.165) is 23.3 Å². The van der Waals surface area contributed by atoms with Crippen LogP contribution in [0.15, 0.2) is 30.3 Å². The molecule has 0 bridgehead atoms. The van der Waals surface area contributed by atoms with Gasteiger partial charge in [-0.1, -0.05) is 12.1 Å². The van der Waals surface area contributed by atoms with Crippen LogP contribution in [0.3, 0.4) is 0 Å². The van der Waals surface area contributed by atoms with E-state index >= 15 is 0 Å². The van der Waals surface area contributed by atoms with E-state index < -0.39 is 0 Å². The molecule has 0 spiro atoms. The third kappa shape index (κ3) is 3.85. The summed E-state index contributed by atoms with van der Waals surface area (Å²) >= 11 is 1.63. The normalized spacial score (nSPS) is 13.2. The van der Waals surface area contributed by atoms with Gasteiger partial charge in [0.25, 0.3) is 11.8 Å². The van der Waals surface area contributed by atoms with Crippen LogP contribution >= 0.6 is 11.3 Å². The molecule has 126 valence electrons. The maximum atomic E-state index is 12.3. The van der Waals surface area contributed by atoms with Crippen molar-refractivity contribution < 1.29 is 9.59 Å². The van der Waals surface area contributed by atoms with Gasteiger partial charge >= 0.3 is 0 Å². The number of amides is 2. The van der Waals surface area contributed by atoms with Gasteiger partial charge < -0.3 is 10.6 Å². The molecule has 1 aliphatic carbocycles. The van der Waals surface area contributed by atoms with E-state index in [1.54, 1.807) is 23.5 Å². The van der Waals surface area contributed by atoms with E-state index in [2.05, 4.69) is 10.6 Å². The van der Waals surface area contributed by atoms with Crippen molar-refractivity contribution >= 4 is 23.2 Å². The lowest BCUT2D eigenvalue weighted by atomic mass is 9.99. The summed E-state index contributed by atoms with van der Waals surface area (Å²) in [4.78, 5) is 26.2. The van der Waals surface area contributed by atoms with Gasteiger partial charge in [0.1, 0.15) is 0 Å². The molecule has 0 saturated carbocycles. The minimum atomic E-state index is -0.0720. The Balaban J connectivity index is 1.58. The van der Waals surface area contributed by atoms with Crippen molar-refractivity contribution in [1.82, 2.24) is 10.6 Å². The zero-order valence-electron chi connectivity index (χ0n) is 13.9. The van der Waals surface area contributed by atoms with Crippen LogP contribution in [0.1, 0.15) is 55.8 Å². The minimum Gasteiger partial charge on any atom is -0.352 e. The molecule has 2 amide bonds. The van der Waals surface area contributed by atoms with Gasteiger partial charge in [-0.15, -0.1) is 11.3 Å². The third-order valence-corrected chi connectivity index (χ3v) is 5.46. The van der Waals surface area contributed by atoms with Gasteiger partial charge in [-0.05, 0) is 61.9 Å². The molecule has 2 aromatic rings. The molecule has 4 nitrogen and oxygen atoms in total. The van der Waals surface area contributed by atoms with Crippen LogP contribution in [-0.4, -0.2) is 18.4 Å². The summed E-state index contributed by atoms with van der Waals surface area (Å²) in [6.07, 6.45) is 4.66. The lowest BCUT2D eigenvalue weighted by Gasteiger charge is -2.08. The molecule has 0 fully saturated rings. The quantitative estimate of drug-likeness (QED) is 0.876. The van der Waals surface area contributed by atoms with E-state index in [-0.39, 0.29) is 11.8 Å². The van der Waals surface area contributed by atoms with Gasteiger partial charge in [0.05, 0.1) is 4.88 Å². The zero-order chi connectivity index (χ0) is 16.9. The van der Waals surface area contributed by atoms with Crippen molar-refractivity contribution in [2.75, 3.05) is 6.54 Å². The Morgan fingerprint density at radius 3 is 2.50 bits per heavy atom. The molecule has 5 heteroatoms. The molecule has 1 aromatic carbocycles. The highest BCUT2D eigenvalue weighted by atomic mass is 32.1. The van der Waals surface area contributed by atoms with E-state index in [4.69, 9.17) is 0 Å². The molecule has 0 atom stereocenters. The van der Waals surface area contributed by atoms with Gasteiger partial charge in [0, 0.05) is 23.5 Å². The first-order valence-corrected chi connectivity index (χ1v) is 9.26. The van der Waals surface area contributed by atoms with Crippen LogP contribution in [0.2, 0.25) is 0 Å². The van der Waals surface area contributed by atoms with Gasteiger partial charge in [0.2, 0.25) is 0 Å². The Hall–Kier alpha value is -2.14. The monoisotopic (exact) mass is 342 g/mol. The van der Waals surface area contributed by atoms with Crippen molar-refractivity contribution in [3.05, 3.63) is 56.8 Å². The number of fused-ring (bicyclic) bond motifs is 1. The molecular formula is C19H22N2O2S. The number of thiophene rings is 1. The fraction of sp³-hybridized carbons (Fsp3) is 0.368. The van der Waals surface area contributed by atoms with Gasteiger partial charge in [-0.3, -0.25) is 9.59 Å². The average Bonchev–Trinajstić information content (AvgIpc) is 3.04. The van der Waals surface area contributed by atoms with Gasteiger partial charge in [-0.2, -0.15) is 0 Å². The molecule has 0 saturated heterocycles. The van der Waals surface area contributed by atoms with Crippen molar-refractivity contribution in [3.63, 3.8) is 0 Å². The second kappa shape index (κ2) is 7.62. The predicted molar refractivity (Wildman–Crippen MR) is 96.6 cm³/mol. The Labute approximate surface area is 146 Å². The fourth-order valence-electron chi connectivity index (χ4n) is 2.91. The van der Waals surface area contributed by atoms with Crippen LogP contribution in [0.25, 0.3) is 0 Å². The van der Waals surface area contributed by atoms with Crippen LogP contribution in [0.5, 0.6) is 0 Å². The van der Waals surface area contributed by atoms with Crippen LogP contribution in [0.4, 0.5) is 0 Å². The Kier molecular flexibility index (Phi) is 5.30. The molecule has 3 rings (SSSR count). The summed E-state index contributed by atoms with van der Waals surface area (Å²) in [7, 11) is 0. The summed E-state index contributed by atoms with van der Waals surface area (Å²) < 4.78 is 0. The number of carbonyl (C=O) groups is 2. The van der Waals surface area contributed by atoms with Gasteiger partial charge in [-0.25, -0.2) is 0 Å². The lowest BCUT2D eigenvalue weighted by Crippen LogP contribution is -2.23. The Bertz CT molecular complexity index is 711. The van der Waals surface area contributed by atoms with Crippen molar-refractivity contribution in [1.29, 1.82) is 0 Å². The minimum absolute atomic E-state index is 0.0118. The van der Waals surface area contributed by atoms with Crippen molar-refractivity contribution in [2.24, 2.45) is 0 Å². The number of rotatable bonds is 5. The molecule has 0 unspecified atom stereocenters. The zero-order valence-corrected chi connectivity index (χ0v) is 14.7. The van der Waals surface area contributed by atoms with Crippen LogP contribution in [-0.2, 0) is 19.4 Å². The standard InChI is InChI=1S/C19H22N2O2S/c1-2-20-18(22)14-9-7-13(8-10-14)12-21-19(23)17-11-15-5-3-4-6-16(15)24-17/h7-11H,2-6,12H2,1H3,(H,20,22)(H,21,23). The van der Waals surface area contributed by atoms with Crippen LogP contribution in [0, 0.1) is 0 Å². The molecule has 1 heterocycles. The maximum Gasteiger partial charge on any atom is 0.261 e. The highest BCUT2D eigenvalue weighted by Gasteiger charge is 2.17. The predicted octanol–water partition coefficient (Wildman–Crippen LogP) is 3.31. The molecule has 0 aliphatic heterocycles. The molecule has 0 radical (unpaired) electrons. The first kappa shape index (κ1) is 16.7. The second-order valence-corrected chi connectivity index (χ2v) is 7.14. The fourth-order valence-corrected chi connectivity index (χ4v) is 4.08. The smallest absolute Gasteiger partial charge is 0.261 e. The highest BCUT2D eigenvalue weighted by molar-refractivity contribution is 7.14. The van der Waals surface area contributed by atoms with Crippen LogP contribution < -0.4 is 10.6 Å². The first-order valence-electron chi connectivity index (χ1n) is 8.44. The number of benzene rings is 1. The SMILES string of the molecule is CCNC(=O)c1ccc(CNC(=O)c2cc3c(s2)CCCC3)cc1. The molecule has 24 heavy (non-hydrogen) atoms. The largest absolute Gasteiger partial charge is 0.352 e. The number of hydrogen-bond donors (Lipinski definition) is 2. The summed E-state index contributed by atoms with van der Waals surface area (Å²) in [5.41, 5.74) is 2.97. The number of hydrogen-bond acceptors (Lipinski definition) is 3. The first-order chi connectivity index (χ1) is 11.7. The average molecular weight is 342 g/mol. The maximum absolute atomic E-state index is 12.3. The Morgan fingerprint density at radius 2 is 1.79 bits per heavy atom. The third-order valence-electron chi connectivity index (χ3n) is 4.23. The number of carbonyl (C=O) groups excluding carboxylic acids is 2. The van der Waals surface area contributed by atoms with E-state index in [1.807, 2.05) is 25.1 Å².